The second-order valence-corrected chi connectivity index (χ2v) is 5.89. The van der Waals surface area contributed by atoms with Crippen molar-refractivity contribution in [2.45, 2.75) is 12.8 Å². The van der Waals surface area contributed by atoms with E-state index >= 15 is 0 Å². The molecule has 0 aromatic rings. The number of likely N-dealkylation sites (tertiary alicyclic amines) is 1. The smallest absolute Gasteiger partial charge is 0.309 e. The summed E-state index contributed by atoms with van der Waals surface area (Å²) in [6.07, 6.45) is 0.300. The predicted octanol–water partition coefficient (Wildman–Crippen LogP) is -0.771. The molecular formula is C12H18N2O6S. The number of hydrogen-bond acceptors (Lipinski definition) is 5. The molecule has 0 aliphatic carbocycles. The fourth-order valence-electron chi connectivity index (χ4n) is 2.21. The summed E-state index contributed by atoms with van der Waals surface area (Å²) in [6.45, 7) is 0.145. The number of carboxylic acid groups (broad SMARTS) is 2. The highest BCUT2D eigenvalue weighted by Crippen LogP contribution is 2.25. The van der Waals surface area contributed by atoms with Crippen molar-refractivity contribution in [2.24, 2.45) is 17.6 Å². The molecule has 1 aliphatic rings. The summed E-state index contributed by atoms with van der Waals surface area (Å²) in [5.74, 6) is -4.55. The average Bonchev–Trinajstić information content (AvgIpc) is 2.42. The van der Waals surface area contributed by atoms with E-state index < -0.39 is 29.7 Å². The van der Waals surface area contributed by atoms with E-state index in [9.17, 15) is 19.2 Å². The number of carbonyl (C=O) groups is 4. The predicted molar refractivity (Wildman–Crippen MR) is 74.6 cm³/mol. The van der Waals surface area contributed by atoms with Crippen LogP contribution in [0.2, 0.25) is 0 Å². The molecule has 1 heterocycles. The van der Waals surface area contributed by atoms with Gasteiger partial charge < -0.3 is 20.8 Å². The number of thioether (sulfide) groups is 1. The van der Waals surface area contributed by atoms with Gasteiger partial charge in [-0.2, -0.15) is 11.8 Å². The minimum Gasteiger partial charge on any atom is -0.481 e. The lowest BCUT2D eigenvalue weighted by atomic mass is 9.85. The van der Waals surface area contributed by atoms with Gasteiger partial charge in [-0.3, -0.25) is 19.2 Å². The Bertz CT molecular complexity index is 441. The van der Waals surface area contributed by atoms with Gasteiger partial charge in [-0.1, -0.05) is 0 Å². The van der Waals surface area contributed by atoms with Crippen LogP contribution in [0.4, 0.5) is 0 Å². The van der Waals surface area contributed by atoms with Gasteiger partial charge in [0.15, 0.2) is 0 Å². The third kappa shape index (κ3) is 5.25. The quantitative estimate of drug-likeness (QED) is 0.524. The van der Waals surface area contributed by atoms with Crippen LogP contribution < -0.4 is 5.73 Å². The molecule has 1 saturated heterocycles. The summed E-state index contributed by atoms with van der Waals surface area (Å²) in [4.78, 5) is 46.0. The summed E-state index contributed by atoms with van der Waals surface area (Å²) in [6, 6.07) is 0. The van der Waals surface area contributed by atoms with E-state index in [2.05, 4.69) is 0 Å². The normalized spacial score (nSPS) is 21.8. The number of amides is 2. The largest absolute Gasteiger partial charge is 0.481 e. The maximum atomic E-state index is 11.9. The molecule has 1 fully saturated rings. The van der Waals surface area contributed by atoms with E-state index in [1.165, 1.54) is 16.7 Å². The number of nitrogens with zero attached hydrogens (tertiary/aromatic N) is 1. The highest BCUT2D eigenvalue weighted by atomic mass is 32.2. The number of rotatable bonds is 7. The van der Waals surface area contributed by atoms with E-state index in [0.717, 1.165) is 0 Å². The summed E-state index contributed by atoms with van der Waals surface area (Å²) in [5, 5.41) is 18.1. The molecule has 118 valence electrons. The Hall–Kier alpha value is -1.77. The van der Waals surface area contributed by atoms with Crippen molar-refractivity contribution in [3.8, 4) is 0 Å². The van der Waals surface area contributed by atoms with E-state index in [0.29, 0.717) is 5.75 Å². The second kappa shape index (κ2) is 7.87. The molecule has 1 rings (SSSR count). The number of carbonyl (C=O) groups excluding carboxylic acids is 2. The Morgan fingerprint density at radius 1 is 1.14 bits per heavy atom. The first-order valence-electron chi connectivity index (χ1n) is 6.42. The van der Waals surface area contributed by atoms with Crippen LogP contribution in [0, 0.1) is 11.8 Å². The Kier molecular flexibility index (Phi) is 6.47. The van der Waals surface area contributed by atoms with Gasteiger partial charge in [-0.15, -0.1) is 0 Å². The average molecular weight is 318 g/mol. The SMILES string of the molecule is NC(=O)CSCCC(=O)N1CCC(C(=O)O)C(C(=O)O)C1. The minimum atomic E-state index is -1.21. The number of aliphatic carboxylic acids is 2. The molecule has 1 aliphatic heterocycles. The van der Waals surface area contributed by atoms with Gasteiger partial charge >= 0.3 is 11.9 Å². The van der Waals surface area contributed by atoms with E-state index in [1.807, 2.05) is 0 Å². The van der Waals surface area contributed by atoms with Crippen molar-refractivity contribution in [1.29, 1.82) is 0 Å². The number of nitrogens with two attached hydrogens (primary N) is 1. The minimum absolute atomic E-state index is 0.0916. The van der Waals surface area contributed by atoms with Crippen molar-refractivity contribution >= 4 is 35.5 Å². The Balaban J connectivity index is 2.49. The fraction of sp³-hybridized carbons (Fsp3) is 0.667. The molecule has 0 spiro atoms. The maximum absolute atomic E-state index is 11.9. The lowest BCUT2D eigenvalue weighted by Crippen LogP contribution is -2.48. The molecule has 2 amide bonds. The molecule has 0 aromatic carbocycles. The van der Waals surface area contributed by atoms with Gasteiger partial charge in [0, 0.05) is 25.3 Å². The van der Waals surface area contributed by atoms with Crippen molar-refractivity contribution in [2.75, 3.05) is 24.6 Å². The topological polar surface area (TPSA) is 138 Å². The molecule has 0 bridgehead atoms. The number of carboxylic acids is 2. The van der Waals surface area contributed by atoms with Crippen LogP contribution in [-0.4, -0.2) is 63.5 Å². The third-order valence-electron chi connectivity index (χ3n) is 3.30. The molecule has 0 aromatic heterocycles. The molecule has 4 N–H and O–H groups in total. The molecule has 9 heteroatoms. The summed E-state index contributed by atoms with van der Waals surface area (Å²) in [5.41, 5.74) is 4.97. The molecule has 0 radical (unpaired) electrons. The molecule has 8 nitrogen and oxygen atoms in total. The van der Waals surface area contributed by atoms with Crippen LogP contribution in [0.3, 0.4) is 0 Å². The van der Waals surface area contributed by atoms with Crippen molar-refractivity contribution < 1.29 is 29.4 Å². The molecule has 21 heavy (non-hydrogen) atoms. The Morgan fingerprint density at radius 2 is 1.76 bits per heavy atom. The Morgan fingerprint density at radius 3 is 2.29 bits per heavy atom. The van der Waals surface area contributed by atoms with E-state index in [1.54, 1.807) is 0 Å². The first-order valence-corrected chi connectivity index (χ1v) is 7.57. The maximum Gasteiger partial charge on any atom is 0.309 e. The van der Waals surface area contributed by atoms with E-state index in [-0.39, 0.29) is 37.6 Å². The van der Waals surface area contributed by atoms with Crippen molar-refractivity contribution in [3.05, 3.63) is 0 Å². The van der Waals surface area contributed by atoms with Crippen LogP contribution in [-0.2, 0) is 19.2 Å². The van der Waals surface area contributed by atoms with Gasteiger partial charge in [-0.25, -0.2) is 0 Å². The zero-order chi connectivity index (χ0) is 16.0. The zero-order valence-corrected chi connectivity index (χ0v) is 12.2. The first kappa shape index (κ1) is 17.3. The molecular weight excluding hydrogens is 300 g/mol. The Labute approximate surface area is 125 Å². The molecule has 2 atom stereocenters. The van der Waals surface area contributed by atoms with Crippen molar-refractivity contribution in [3.63, 3.8) is 0 Å². The first-order chi connectivity index (χ1) is 9.82. The zero-order valence-electron chi connectivity index (χ0n) is 11.4. The summed E-state index contributed by atoms with van der Waals surface area (Å²) >= 11 is 1.23. The summed E-state index contributed by atoms with van der Waals surface area (Å²) in [7, 11) is 0. The van der Waals surface area contributed by atoms with Crippen LogP contribution in [0.25, 0.3) is 0 Å². The van der Waals surface area contributed by atoms with Gasteiger partial charge in [0.1, 0.15) is 0 Å². The second-order valence-electron chi connectivity index (χ2n) is 4.79. The van der Waals surface area contributed by atoms with Crippen LogP contribution in [0.5, 0.6) is 0 Å². The fourth-order valence-corrected chi connectivity index (χ4v) is 2.88. The van der Waals surface area contributed by atoms with Gasteiger partial charge in [0.25, 0.3) is 0 Å². The van der Waals surface area contributed by atoms with Gasteiger partial charge in [-0.05, 0) is 6.42 Å². The third-order valence-corrected chi connectivity index (χ3v) is 4.29. The number of primary amides is 1. The van der Waals surface area contributed by atoms with Gasteiger partial charge in [0.2, 0.25) is 11.8 Å². The number of piperidine rings is 1. The molecule has 0 saturated carbocycles. The number of hydrogen-bond donors (Lipinski definition) is 3. The van der Waals surface area contributed by atoms with Crippen LogP contribution in [0.15, 0.2) is 0 Å². The van der Waals surface area contributed by atoms with Crippen LogP contribution in [0.1, 0.15) is 12.8 Å². The lowest BCUT2D eigenvalue weighted by molar-refractivity contribution is -0.159. The van der Waals surface area contributed by atoms with Crippen LogP contribution >= 0.6 is 11.8 Å². The lowest BCUT2D eigenvalue weighted by Gasteiger charge is -2.34. The monoisotopic (exact) mass is 318 g/mol. The standard InChI is InChI=1S/C12H18N2O6S/c13-9(15)6-21-4-2-10(16)14-3-1-7(11(17)18)8(5-14)12(19)20/h7-8H,1-6H2,(H2,13,15)(H,17,18)(H,19,20). The highest BCUT2D eigenvalue weighted by Gasteiger charge is 2.39. The van der Waals surface area contributed by atoms with Crippen molar-refractivity contribution in [1.82, 2.24) is 4.90 Å². The van der Waals surface area contributed by atoms with Gasteiger partial charge in [0.05, 0.1) is 17.6 Å². The highest BCUT2D eigenvalue weighted by molar-refractivity contribution is 7.99. The van der Waals surface area contributed by atoms with E-state index in [4.69, 9.17) is 15.9 Å². The molecule has 2 unspecified atom stereocenters. The summed E-state index contributed by atoms with van der Waals surface area (Å²) < 4.78 is 0.